The summed E-state index contributed by atoms with van der Waals surface area (Å²) in [4.78, 5) is 11.2. The highest BCUT2D eigenvalue weighted by molar-refractivity contribution is 5.77. The molecule has 1 aromatic rings. The van der Waals surface area contributed by atoms with Crippen LogP contribution in [0.1, 0.15) is 6.42 Å². The highest BCUT2D eigenvalue weighted by Crippen LogP contribution is 2.19. The van der Waals surface area contributed by atoms with E-state index in [1.165, 1.54) is 0 Å². The van der Waals surface area contributed by atoms with Gasteiger partial charge in [-0.3, -0.25) is 4.79 Å². The molecule has 1 amide bonds. The smallest absolute Gasteiger partial charge is 0.390 e. The van der Waals surface area contributed by atoms with Crippen molar-refractivity contribution in [2.45, 2.75) is 12.6 Å². The summed E-state index contributed by atoms with van der Waals surface area (Å²) in [5.41, 5.74) is 5.92. The third-order valence-corrected chi connectivity index (χ3v) is 2.01. The number of hydrogen-bond acceptors (Lipinski definition) is 3. The molecule has 0 unspecified atom stereocenters. The predicted octanol–water partition coefficient (Wildman–Crippen LogP) is 1.72. The lowest BCUT2D eigenvalue weighted by Gasteiger charge is -2.10. The first-order valence-corrected chi connectivity index (χ1v) is 5.19. The van der Waals surface area contributed by atoms with Crippen molar-refractivity contribution in [1.29, 1.82) is 0 Å². The van der Waals surface area contributed by atoms with Crippen LogP contribution in [-0.2, 0) is 4.79 Å². The summed E-state index contributed by atoms with van der Waals surface area (Å²) in [6.07, 6.45) is -5.34. The van der Waals surface area contributed by atoms with Gasteiger partial charge < -0.3 is 15.8 Å². The zero-order valence-electron chi connectivity index (χ0n) is 9.46. The van der Waals surface area contributed by atoms with Crippen molar-refractivity contribution >= 4 is 11.6 Å². The average molecular weight is 262 g/mol. The fourth-order valence-electron chi connectivity index (χ4n) is 1.15. The number of carbonyl (C=O) groups excluding carboxylic acids is 1. The van der Waals surface area contributed by atoms with Crippen LogP contribution in [0.15, 0.2) is 24.3 Å². The third kappa shape index (κ3) is 5.42. The molecule has 0 atom stereocenters. The molecule has 0 bridgehead atoms. The van der Waals surface area contributed by atoms with Gasteiger partial charge in [-0.15, -0.1) is 0 Å². The molecule has 0 radical (unpaired) electrons. The van der Waals surface area contributed by atoms with Crippen LogP contribution in [-0.4, -0.2) is 25.2 Å². The van der Waals surface area contributed by atoms with Crippen LogP contribution in [0.25, 0.3) is 0 Å². The fraction of sp³-hybridized carbons (Fsp3) is 0.364. The molecule has 3 N–H and O–H groups in total. The van der Waals surface area contributed by atoms with Crippen molar-refractivity contribution in [3.63, 3.8) is 0 Å². The number of benzene rings is 1. The number of nitrogens with two attached hydrogens (primary N) is 1. The molecule has 7 heteroatoms. The van der Waals surface area contributed by atoms with Gasteiger partial charge in [0, 0.05) is 6.54 Å². The van der Waals surface area contributed by atoms with Crippen LogP contribution in [0.4, 0.5) is 18.9 Å². The number of nitrogens with one attached hydrogen (secondary N) is 1. The normalized spacial score (nSPS) is 11.1. The second kappa shape index (κ2) is 6.13. The minimum Gasteiger partial charge on any atom is -0.482 e. The summed E-state index contributed by atoms with van der Waals surface area (Å²) in [6.45, 7) is -0.831. The molecule has 0 saturated heterocycles. The van der Waals surface area contributed by atoms with Crippen LogP contribution < -0.4 is 15.8 Å². The standard InChI is InChI=1S/C11H13F3N2O2/c12-11(13,14)5-6-16-10(17)7-18-9-4-2-1-3-8(9)15/h1-4H,5-7,15H2,(H,16,17). The van der Waals surface area contributed by atoms with Gasteiger partial charge in [0.25, 0.3) is 5.91 Å². The number of anilines is 1. The van der Waals surface area contributed by atoms with Crippen LogP contribution in [0.5, 0.6) is 5.75 Å². The molecule has 0 aromatic heterocycles. The number of ether oxygens (including phenoxy) is 1. The molecule has 18 heavy (non-hydrogen) atoms. The fourth-order valence-corrected chi connectivity index (χ4v) is 1.15. The van der Waals surface area contributed by atoms with Gasteiger partial charge in [0.1, 0.15) is 5.75 Å². The number of halogens is 3. The summed E-state index contributed by atoms with van der Waals surface area (Å²) in [5.74, 6) is -0.300. The Balaban J connectivity index is 2.28. The molecule has 100 valence electrons. The zero-order valence-corrected chi connectivity index (χ0v) is 9.46. The summed E-state index contributed by atoms with van der Waals surface area (Å²) in [6, 6.07) is 6.54. The first kappa shape index (κ1) is 14.1. The highest BCUT2D eigenvalue weighted by atomic mass is 19.4. The Bertz CT molecular complexity index is 408. The summed E-state index contributed by atoms with van der Waals surface area (Å²) >= 11 is 0. The number of para-hydroxylation sites is 2. The molecule has 0 spiro atoms. The molecule has 0 heterocycles. The number of nitrogen functional groups attached to an aromatic ring is 1. The van der Waals surface area contributed by atoms with E-state index in [1.807, 2.05) is 0 Å². The molecule has 1 aromatic carbocycles. The van der Waals surface area contributed by atoms with Crippen molar-refractivity contribution in [2.24, 2.45) is 0 Å². The lowest BCUT2D eigenvalue weighted by molar-refractivity contribution is -0.136. The Morgan fingerprint density at radius 2 is 2.00 bits per heavy atom. The topological polar surface area (TPSA) is 64.3 Å². The zero-order chi connectivity index (χ0) is 13.6. The lowest BCUT2D eigenvalue weighted by atomic mass is 10.3. The summed E-state index contributed by atoms with van der Waals surface area (Å²) < 4.78 is 40.5. The van der Waals surface area contributed by atoms with Gasteiger partial charge >= 0.3 is 6.18 Å². The van der Waals surface area contributed by atoms with Crippen LogP contribution in [0.2, 0.25) is 0 Å². The van der Waals surface area contributed by atoms with E-state index in [2.05, 4.69) is 5.32 Å². The van der Waals surface area contributed by atoms with E-state index in [0.29, 0.717) is 11.4 Å². The highest BCUT2D eigenvalue weighted by Gasteiger charge is 2.26. The van der Waals surface area contributed by atoms with E-state index in [4.69, 9.17) is 10.5 Å². The van der Waals surface area contributed by atoms with Gasteiger partial charge in [-0.05, 0) is 12.1 Å². The number of alkyl halides is 3. The minimum absolute atomic E-state index is 0.323. The van der Waals surface area contributed by atoms with Crippen molar-refractivity contribution in [1.82, 2.24) is 5.32 Å². The average Bonchev–Trinajstić information content (AvgIpc) is 2.26. The minimum atomic E-state index is -4.28. The Labute approximate surface area is 102 Å². The van der Waals surface area contributed by atoms with E-state index in [-0.39, 0.29) is 6.61 Å². The summed E-state index contributed by atoms with van der Waals surface area (Å²) in [7, 11) is 0. The van der Waals surface area contributed by atoms with Crippen molar-refractivity contribution in [3.8, 4) is 5.75 Å². The summed E-state index contributed by atoms with van der Waals surface area (Å²) in [5, 5.41) is 2.10. The molecule has 0 fully saturated rings. The molecule has 0 aliphatic rings. The molecular weight excluding hydrogens is 249 g/mol. The molecule has 0 aliphatic heterocycles. The Kier molecular flexibility index (Phi) is 4.82. The molecule has 0 aliphatic carbocycles. The van der Waals surface area contributed by atoms with E-state index in [9.17, 15) is 18.0 Å². The Hall–Kier alpha value is -1.92. The molecule has 1 rings (SSSR count). The largest absolute Gasteiger partial charge is 0.482 e. The van der Waals surface area contributed by atoms with Gasteiger partial charge in [-0.1, -0.05) is 12.1 Å². The molecule has 4 nitrogen and oxygen atoms in total. The Morgan fingerprint density at radius 1 is 1.33 bits per heavy atom. The van der Waals surface area contributed by atoms with E-state index in [1.54, 1.807) is 24.3 Å². The number of rotatable bonds is 5. The second-order valence-electron chi connectivity index (χ2n) is 3.54. The third-order valence-electron chi connectivity index (χ3n) is 2.01. The Morgan fingerprint density at radius 3 is 2.61 bits per heavy atom. The van der Waals surface area contributed by atoms with Crippen molar-refractivity contribution in [3.05, 3.63) is 24.3 Å². The lowest BCUT2D eigenvalue weighted by Crippen LogP contribution is -2.32. The van der Waals surface area contributed by atoms with Crippen LogP contribution in [0, 0.1) is 0 Å². The number of carbonyl (C=O) groups is 1. The molecular formula is C11H13F3N2O2. The second-order valence-corrected chi connectivity index (χ2v) is 3.54. The maximum Gasteiger partial charge on any atom is 0.390 e. The van der Waals surface area contributed by atoms with Gasteiger partial charge in [0.15, 0.2) is 6.61 Å². The van der Waals surface area contributed by atoms with Gasteiger partial charge in [0.2, 0.25) is 0 Å². The van der Waals surface area contributed by atoms with E-state index < -0.39 is 25.0 Å². The maximum absolute atomic E-state index is 11.8. The molecule has 0 saturated carbocycles. The SMILES string of the molecule is Nc1ccccc1OCC(=O)NCCC(F)(F)F. The van der Waals surface area contributed by atoms with Gasteiger partial charge in [-0.2, -0.15) is 13.2 Å². The number of hydrogen-bond donors (Lipinski definition) is 2. The first-order valence-electron chi connectivity index (χ1n) is 5.19. The van der Waals surface area contributed by atoms with Crippen molar-refractivity contribution < 1.29 is 22.7 Å². The van der Waals surface area contributed by atoms with Crippen LogP contribution >= 0.6 is 0 Å². The first-order chi connectivity index (χ1) is 8.38. The maximum atomic E-state index is 11.8. The van der Waals surface area contributed by atoms with Gasteiger partial charge in [-0.25, -0.2) is 0 Å². The van der Waals surface area contributed by atoms with Crippen LogP contribution in [0.3, 0.4) is 0 Å². The predicted molar refractivity (Wildman–Crippen MR) is 60.0 cm³/mol. The van der Waals surface area contributed by atoms with Crippen molar-refractivity contribution in [2.75, 3.05) is 18.9 Å². The number of amides is 1. The quantitative estimate of drug-likeness (QED) is 0.794. The van der Waals surface area contributed by atoms with Gasteiger partial charge in [0.05, 0.1) is 12.1 Å². The van der Waals surface area contributed by atoms with E-state index >= 15 is 0 Å². The van der Waals surface area contributed by atoms with E-state index in [0.717, 1.165) is 0 Å². The monoisotopic (exact) mass is 262 g/mol.